The number of aliphatic carboxylic acids is 2. The van der Waals surface area contributed by atoms with Crippen LogP contribution in [0.1, 0.15) is 143 Å². The zero-order chi connectivity index (χ0) is 77.7. The van der Waals surface area contributed by atoms with E-state index in [1.807, 2.05) is 0 Å². The summed E-state index contributed by atoms with van der Waals surface area (Å²) < 4.78 is 17.1. The molecule has 106 heavy (non-hydrogen) atoms. The zero-order valence-corrected chi connectivity index (χ0v) is 58.8. The minimum absolute atomic E-state index is 0.00727. The van der Waals surface area contributed by atoms with Gasteiger partial charge in [-0.3, -0.25) is 62.3 Å². The molecule has 2 aromatic heterocycles. The number of carbonyl (C=O) groups is 14. The number of fused-ring (bicyclic) bond motifs is 2. The van der Waals surface area contributed by atoms with E-state index in [1.165, 1.54) is 100 Å². The van der Waals surface area contributed by atoms with Gasteiger partial charge in [0.05, 0.1) is 61.0 Å². The van der Waals surface area contributed by atoms with E-state index in [2.05, 4.69) is 41.2 Å². The Balaban J connectivity index is 1.08. The summed E-state index contributed by atoms with van der Waals surface area (Å²) in [5.41, 5.74) is 6.62. The number of imidazole rings is 2. The predicted molar refractivity (Wildman–Crippen MR) is 374 cm³/mol. The highest BCUT2D eigenvalue weighted by molar-refractivity contribution is 6.09. The van der Waals surface area contributed by atoms with Crippen molar-refractivity contribution in [3.05, 3.63) is 112 Å². The highest BCUT2D eigenvalue weighted by Crippen LogP contribution is 2.42. The lowest BCUT2D eigenvalue weighted by Gasteiger charge is -2.24. The van der Waals surface area contributed by atoms with Crippen molar-refractivity contribution in [2.24, 2.45) is 35.3 Å². The van der Waals surface area contributed by atoms with Crippen molar-refractivity contribution in [3.8, 4) is 28.2 Å². The summed E-state index contributed by atoms with van der Waals surface area (Å²) >= 11 is 0. The maximum atomic E-state index is 13.9. The molecule has 0 spiro atoms. The molecule has 6 rings (SSSR count). The first-order valence-corrected chi connectivity index (χ1v) is 34.4. The molecule has 1 aliphatic heterocycles. The number of aromatic carboxylic acids is 1. The van der Waals surface area contributed by atoms with Gasteiger partial charge >= 0.3 is 17.9 Å². The lowest BCUT2D eigenvalue weighted by atomic mass is 9.87. The number of aromatic amines is 2. The molecule has 0 saturated heterocycles. The average molecular weight is 1480 g/mol. The number of nitrogens with one attached hydrogen (secondary N) is 6. The molecule has 0 fully saturated rings. The Morgan fingerprint density at radius 1 is 0.585 bits per heavy atom. The summed E-state index contributed by atoms with van der Waals surface area (Å²) in [6.45, 7) is 2.04. The van der Waals surface area contributed by atoms with Crippen LogP contribution in [0.5, 0.6) is 5.75 Å². The van der Waals surface area contributed by atoms with Crippen LogP contribution in [0.25, 0.3) is 33.4 Å². The van der Waals surface area contributed by atoms with Crippen molar-refractivity contribution >= 4 is 93.1 Å². The minimum atomic E-state index is -1.44. The van der Waals surface area contributed by atoms with Crippen LogP contribution in [0, 0.1) is 29.6 Å². The van der Waals surface area contributed by atoms with Crippen molar-refractivity contribution in [3.63, 3.8) is 0 Å². The number of aromatic hydroxyl groups is 1. The van der Waals surface area contributed by atoms with E-state index in [9.17, 15) is 97.5 Å². The van der Waals surface area contributed by atoms with Gasteiger partial charge in [0.1, 0.15) is 41.9 Å². The number of phenolic OH excluding ortho intramolecular Hbond substituents is 1. The van der Waals surface area contributed by atoms with Gasteiger partial charge in [-0.05, 0) is 101 Å². The number of rotatable bonds is 50. The van der Waals surface area contributed by atoms with Gasteiger partial charge in [0.25, 0.3) is 5.91 Å². The van der Waals surface area contributed by atoms with Gasteiger partial charge in [-0.25, -0.2) is 14.8 Å². The number of aliphatic hydroxyl groups excluding tert-OH is 2. The van der Waals surface area contributed by atoms with Crippen molar-refractivity contribution in [1.82, 2.24) is 41.2 Å². The summed E-state index contributed by atoms with van der Waals surface area (Å²) in [5.74, 6) is -17.1. The van der Waals surface area contributed by atoms with Gasteiger partial charge in [-0.15, -0.1) is 0 Å². The number of benzene rings is 3. The fourth-order valence-electron chi connectivity index (χ4n) is 12.0. The number of unbranched alkanes of at least 4 members (excludes halogenated alkanes) is 1. The largest absolute Gasteiger partial charge is 0.508 e. The van der Waals surface area contributed by atoms with E-state index in [0.29, 0.717) is 27.9 Å². The molecule has 0 unspecified atom stereocenters. The quantitative estimate of drug-likeness (QED) is 0.0193. The zero-order valence-electron chi connectivity index (χ0n) is 58.8. The second-order valence-corrected chi connectivity index (χ2v) is 26.1. The van der Waals surface area contributed by atoms with Gasteiger partial charge in [0.15, 0.2) is 28.6 Å². The van der Waals surface area contributed by atoms with E-state index in [0.717, 1.165) is 0 Å². The van der Waals surface area contributed by atoms with Gasteiger partial charge in [0.2, 0.25) is 23.6 Å². The molecule has 3 heterocycles. The Bertz CT molecular complexity index is 4130. The van der Waals surface area contributed by atoms with Crippen LogP contribution in [0.15, 0.2) is 88.9 Å². The predicted octanol–water partition coefficient (Wildman–Crippen LogP) is 3.14. The lowest BCUT2D eigenvalue weighted by molar-refractivity contribution is -0.139. The fourth-order valence-corrected chi connectivity index (χ4v) is 12.0. The van der Waals surface area contributed by atoms with Crippen LogP contribution in [0.2, 0.25) is 0 Å². The number of phenols is 1. The smallest absolute Gasteiger partial charge is 0.336 e. The molecule has 14 N–H and O–H groups in total. The second kappa shape index (κ2) is 41.5. The molecule has 2 aliphatic rings. The number of ether oxygens (including phenoxy) is 2. The van der Waals surface area contributed by atoms with Gasteiger partial charge in [-0.1, -0.05) is 6.42 Å². The number of carboxylic acids is 3. The number of carboxylic acid groups (broad SMARTS) is 3. The van der Waals surface area contributed by atoms with Crippen molar-refractivity contribution in [1.29, 1.82) is 0 Å². The van der Waals surface area contributed by atoms with Crippen LogP contribution in [0.4, 0.5) is 0 Å². The Morgan fingerprint density at radius 3 is 1.74 bits per heavy atom. The molecule has 0 radical (unpaired) electrons. The number of aromatic nitrogens is 4. The average Bonchev–Trinajstić information content (AvgIpc) is 0.795. The Kier molecular flexibility index (Phi) is 32.8. The van der Waals surface area contributed by atoms with Crippen LogP contribution in [0.3, 0.4) is 0 Å². The van der Waals surface area contributed by atoms with Crippen LogP contribution >= 0.6 is 0 Å². The standard InChI is InChI=1S/C73H89N9O24/c1-39(83)23-55(40(2)84)71(100)81-58(28-46-33-75-37-79-46)61(91)26-42(10-17-65(93)94)60(90)8-6-21-104-35-50(88)24-44(7-4-5-19-77-70(99)45-9-14-52(73(102)103)57(25-45)67-53-15-12-48(86)31-63(53)106-64-32-49(87)13-16-54(64)67)69(98)78-20-22-105-36-51(89)30-56(41(3)85)72(101)82-59(29-47-34-76-38-80-47)62(92)27-43(68(74)97)11-18-66(95)96/h9,12-16,25,31-34,37-38,40-44,55-56,58-59,84-86H,4-8,10-11,17-24,26-30,35-36H2,1-3H3,(H2,74,97)(H,75,79)(H,76,80)(H,77,99)(H,78,98)(H,81,100)(H,82,101)(H,93,94)(H,95,96)(H,102,103)/t40-,41-,42-,43-,44-,55+,56+,58+,59+/m0/s1. The highest BCUT2D eigenvalue weighted by atomic mass is 16.5. The summed E-state index contributed by atoms with van der Waals surface area (Å²) in [5, 5.41) is 71.2. The van der Waals surface area contributed by atoms with Crippen LogP contribution < -0.4 is 32.4 Å². The molecular weight excluding hydrogens is 1390 g/mol. The molecule has 0 bridgehead atoms. The molecule has 5 amide bonds. The van der Waals surface area contributed by atoms with Crippen LogP contribution in [-0.2, 0) is 79.8 Å². The molecule has 4 aromatic rings. The number of nitrogens with two attached hydrogens (primary N) is 1. The number of H-pyrrole nitrogens is 2. The number of aliphatic hydroxyl groups is 2. The Labute approximate surface area is 606 Å². The Morgan fingerprint density at radius 2 is 1.17 bits per heavy atom. The van der Waals surface area contributed by atoms with Gasteiger partial charge in [-0.2, -0.15) is 0 Å². The summed E-state index contributed by atoms with van der Waals surface area (Å²) in [7, 11) is 0. The van der Waals surface area contributed by atoms with Crippen molar-refractivity contribution in [2.75, 3.05) is 39.5 Å². The highest BCUT2D eigenvalue weighted by Gasteiger charge is 2.35. The van der Waals surface area contributed by atoms with E-state index in [1.54, 1.807) is 0 Å². The number of Topliss-reactive ketones (excluding diaryl/α,β-unsaturated/α-hetero) is 6. The minimum Gasteiger partial charge on any atom is -0.508 e. The monoisotopic (exact) mass is 1480 g/mol. The molecule has 1 aliphatic carbocycles. The maximum Gasteiger partial charge on any atom is 0.336 e. The third-order valence-electron chi connectivity index (χ3n) is 17.7. The number of hydrogen-bond donors (Lipinski definition) is 13. The third kappa shape index (κ3) is 26.6. The van der Waals surface area contributed by atoms with E-state index in [-0.39, 0.29) is 136 Å². The molecule has 33 heteroatoms. The number of carbonyl (C=O) groups excluding carboxylic acids is 11. The number of nitrogens with zero attached hydrogens (tertiary/aromatic N) is 2. The second-order valence-electron chi connectivity index (χ2n) is 26.1. The lowest BCUT2D eigenvalue weighted by Crippen LogP contribution is -2.48. The molecular formula is C73H89N9O24. The van der Waals surface area contributed by atoms with E-state index in [4.69, 9.17) is 24.7 Å². The third-order valence-corrected chi connectivity index (χ3v) is 17.7. The van der Waals surface area contributed by atoms with Crippen molar-refractivity contribution < 1.29 is 112 Å². The number of hydrogen-bond acceptors (Lipinski definition) is 23. The summed E-state index contributed by atoms with van der Waals surface area (Å²) in [6.07, 6.45) is -0.927. The molecule has 33 nitrogen and oxygen atoms in total. The summed E-state index contributed by atoms with van der Waals surface area (Å²) in [4.78, 5) is 208. The number of amides is 5. The normalized spacial score (nSPS) is 13.9. The SMILES string of the molecule is CC(=O)C[C@@H](C(=O)N[C@H](Cc1cnc[nH]1)C(=O)C[C@H](CCC(=O)O)C(=O)CCCOCC(=O)C[C@H](CCCCNC(=O)c1ccc(C(=O)O)c(-c2c3ccc(=O)cc-3oc3cc(O)ccc23)c1)C(=O)NCCOCC(=O)C[C@@H](C(=O)N[C@H](Cc1cnc[nH]1)C(=O)C[C@H](CCC(=O)O)C(N)=O)[C@H](C)O)[C@H](C)O. The van der Waals surface area contributed by atoms with Gasteiger partial charge < -0.3 is 86.3 Å². The fraction of sp³-hybridized carbons (Fsp3) is 0.466. The summed E-state index contributed by atoms with van der Waals surface area (Å²) in [6, 6.07) is 9.45. The Hall–Kier alpha value is -11.0. The van der Waals surface area contributed by atoms with Gasteiger partial charge in [0, 0.05) is 160 Å². The van der Waals surface area contributed by atoms with Crippen LogP contribution in [-0.4, -0.2) is 197 Å². The first-order chi connectivity index (χ1) is 50.4. The molecule has 570 valence electrons. The van der Waals surface area contributed by atoms with Crippen molar-refractivity contribution in [2.45, 2.75) is 148 Å². The first-order valence-electron chi connectivity index (χ1n) is 34.4. The first kappa shape index (κ1) is 83.9. The molecule has 0 saturated carbocycles. The molecule has 2 aromatic carbocycles. The topological polar surface area (TPSA) is 541 Å². The van der Waals surface area contributed by atoms with E-state index < -0.39 is 181 Å². The number of ketones is 6. The maximum absolute atomic E-state index is 13.9. The van der Waals surface area contributed by atoms with E-state index >= 15 is 0 Å². The number of primary amides is 1. The molecule has 9 atom stereocenters.